The number of ether oxygens (including phenoxy) is 1. The van der Waals surface area contributed by atoms with Gasteiger partial charge in [0.1, 0.15) is 23.4 Å². The molecule has 0 spiro atoms. The van der Waals surface area contributed by atoms with Gasteiger partial charge in [-0.1, -0.05) is 32.4 Å². The monoisotopic (exact) mass is 449 g/mol. The Hall–Kier alpha value is -2.77. The zero-order valence-corrected chi connectivity index (χ0v) is 20.4. The van der Waals surface area contributed by atoms with Crippen molar-refractivity contribution in [1.82, 2.24) is 15.5 Å². The lowest BCUT2D eigenvalue weighted by molar-refractivity contribution is -0.142. The minimum atomic E-state index is -0.947. The van der Waals surface area contributed by atoms with Crippen LogP contribution < -0.4 is 10.6 Å². The number of phenolic OH excluding ortho intramolecular Hbond substituents is 1. The van der Waals surface area contributed by atoms with E-state index < -0.39 is 29.7 Å². The molecule has 0 fully saturated rings. The number of rotatable bonds is 10. The van der Waals surface area contributed by atoms with Crippen LogP contribution in [0.3, 0.4) is 0 Å². The van der Waals surface area contributed by atoms with Gasteiger partial charge in [-0.05, 0) is 65.2 Å². The van der Waals surface area contributed by atoms with Crippen LogP contribution in [-0.2, 0) is 14.3 Å². The van der Waals surface area contributed by atoms with Crippen LogP contribution in [0.5, 0.6) is 5.75 Å². The summed E-state index contributed by atoms with van der Waals surface area (Å²) >= 11 is 0. The first kappa shape index (κ1) is 27.3. The molecule has 8 nitrogen and oxygen atoms in total. The Morgan fingerprint density at radius 2 is 1.75 bits per heavy atom. The summed E-state index contributed by atoms with van der Waals surface area (Å²) in [6.07, 6.45) is 1.62. The van der Waals surface area contributed by atoms with Crippen LogP contribution in [0.15, 0.2) is 24.3 Å². The predicted molar refractivity (Wildman–Crippen MR) is 124 cm³/mol. The fraction of sp³-hybridized carbons (Fsp3) is 0.625. The van der Waals surface area contributed by atoms with Gasteiger partial charge in [0.2, 0.25) is 11.8 Å². The first-order chi connectivity index (χ1) is 14.9. The molecular formula is C24H39N3O5. The Morgan fingerprint density at radius 3 is 2.28 bits per heavy atom. The van der Waals surface area contributed by atoms with Crippen molar-refractivity contribution >= 4 is 17.9 Å². The molecule has 3 amide bonds. The topological polar surface area (TPSA) is 108 Å². The molecule has 32 heavy (non-hydrogen) atoms. The van der Waals surface area contributed by atoms with E-state index in [9.17, 15) is 19.5 Å². The van der Waals surface area contributed by atoms with E-state index in [2.05, 4.69) is 10.6 Å². The fourth-order valence-electron chi connectivity index (χ4n) is 3.40. The van der Waals surface area contributed by atoms with Gasteiger partial charge in [0, 0.05) is 12.6 Å². The standard InChI is InChI=1S/C24H39N3O5/c1-8-11-16(3)25-21(29)20(18-12-10-13-19(28)15-18)27(14-9-2)22(30)17(4)26-23(31)32-24(5,6)7/h10,12-13,15-17,20,28H,8-9,11,14H2,1-7H3,(H,25,29)(H,26,31). The van der Waals surface area contributed by atoms with Gasteiger partial charge in [-0.25, -0.2) is 4.79 Å². The summed E-state index contributed by atoms with van der Waals surface area (Å²) in [5, 5.41) is 15.5. The number of hydrogen-bond acceptors (Lipinski definition) is 5. The molecule has 3 unspecified atom stereocenters. The molecule has 3 atom stereocenters. The summed E-state index contributed by atoms with van der Waals surface area (Å²) in [6, 6.07) is 4.42. The number of aromatic hydroxyl groups is 1. The molecule has 0 aliphatic rings. The largest absolute Gasteiger partial charge is 0.508 e. The van der Waals surface area contributed by atoms with Crippen LogP contribution in [0.2, 0.25) is 0 Å². The molecule has 0 bridgehead atoms. The van der Waals surface area contributed by atoms with E-state index in [4.69, 9.17) is 4.74 Å². The molecule has 3 N–H and O–H groups in total. The minimum absolute atomic E-state index is 0.00531. The number of alkyl carbamates (subject to hydrolysis) is 1. The normalized spacial score (nSPS) is 14.1. The molecular weight excluding hydrogens is 410 g/mol. The summed E-state index contributed by atoms with van der Waals surface area (Å²) < 4.78 is 5.25. The molecule has 0 heterocycles. The van der Waals surface area contributed by atoms with Crippen LogP contribution in [0, 0.1) is 0 Å². The third-order valence-corrected chi connectivity index (χ3v) is 4.71. The summed E-state index contributed by atoms with van der Waals surface area (Å²) in [6.45, 7) is 12.9. The Morgan fingerprint density at radius 1 is 1.09 bits per heavy atom. The van der Waals surface area contributed by atoms with Gasteiger partial charge in [-0.15, -0.1) is 0 Å². The molecule has 0 aliphatic carbocycles. The summed E-state index contributed by atoms with van der Waals surface area (Å²) in [5.74, 6) is -0.738. The fourth-order valence-corrected chi connectivity index (χ4v) is 3.40. The number of carbonyl (C=O) groups is 3. The summed E-state index contributed by atoms with van der Waals surface area (Å²) in [5.41, 5.74) is -0.201. The van der Waals surface area contributed by atoms with Crippen molar-refractivity contribution < 1.29 is 24.2 Å². The number of nitrogens with one attached hydrogen (secondary N) is 2. The van der Waals surface area contributed by atoms with Gasteiger partial charge in [0.25, 0.3) is 0 Å². The Kier molecular flexibility index (Phi) is 10.5. The Bertz CT molecular complexity index is 775. The molecule has 0 radical (unpaired) electrons. The lowest BCUT2D eigenvalue weighted by Gasteiger charge is -2.34. The maximum Gasteiger partial charge on any atom is 0.408 e. The summed E-state index contributed by atoms with van der Waals surface area (Å²) in [7, 11) is 0. The van der Waals surface area contributed by atoms with E-state index in [1.54, 1.807) is 39.8 Å². The maximum atomic E-state index is 13.4. The van der Waals surface area contributed by atoms with Crippen molar-refractivity contribution in [3.05, 3.63) is 29.8 Å². The first-order valence-electron chi connectivity index (χ1n) is 11.3. The van der Waals surface area contributed by atoms with Gasteiger partial charge in [0.15, 0.2) is 0 Å². The van der Waals surface area contributed by atoms with E-state index in [1.165, 1.54) is 17.0 Å². The van der Waals surface area contributed by atoms with Gasteiger partial charge >= 0.3 is 6.09 Å². The zero-order chi connectivity index (χ0) is 24.5. The Balaban J connectivity index is 3.23. The van der Waals surface area contributed by atoms with Crippen LogP contribution in [-0.4, -0.2) is 52.1 Å². The van der Waals surface area contributed by atoms with Crippen LogP contribution in [0.1, 0.15) is 79.3 Å². The van der Waals surface area contributed by atoms with Crippen molar-refractivity contribution in [3.63, 3.8) is 0 Å². The van der Waals surface area contributed by atoms with E-state index in [1.807, 2.05) is 20.8 Å². The highest BCUT2D eigenvalue weighted by Crippen LogP contribution is 2.26. The van der Waals surface area contributed by atoms with Gasteiger partial charge in [-0.3, -0.25) is 9.59 Å². The molecule has 1 rings (SSSR count). The zero-order valence-electron chi connectivity index (χ0n) is 20.4. The average molecular weight is 450 g/mol. The maximum absolute atomic E-state index is 13.4. The Labute approximate surface area is 191 Å². The van der Waals surface area contributed by atoms with E-state index in [0.717, 1.165) is 12.8 Å². The van der Waals surface area contributed by atoms with Crippen LogP contribution >= 0.6 is 0 Å². The van der Waals surface area contributed by atoms with Crippen LogP contribution in [0.25, 0.3) is 0 Å². The first-order valence-corrected chi connectivity index (χ1v) is 11.3. The smallest absolute Gasteiger partial charge is 0.408 e. The molecule has 1 aromatic rings. The van der Waals surface area contributed by atoms with Gasteiger partial charge < -0.3 is 25.4 Å². The second kappa shape index (κ2) is 12.3. The number of benzene rings is 1. The SMILES string of the molecule is CCCC(C)NC(=O)C(c1cccc(O)c1)N(CCC)C(=O)C(C)NC(=O)OC(C)(C)C. The van der Waals surface area contributed by atoms with Crippen molar-refractivity contribution in [2.45, 2.75) is 91.5 Å². The minimum Gasteiger partial charge on any atom is -0.508 e. The van der Waals surface area contributed by atoms with Crippen molar-refractivity contribution in [3.8, 4) is 5.75 Å². The van der Waals surface area contributed by atoms with Gasteiger partial charge in [0.05, 0.1) is 0 Å². The third-order valence-electron chi connectivity index (χ3n) is 4.71. The number of phenols is 1. The summed E-state index contributed by atoms with van der Waals surface area (Å²) in [4.78, 5) is 40.3. The number of hydrogen-bond donors (Lipinski definition) is 3. The lowest BCUT2D eigenvalue weighted by atomic mass is 10.0. The van der Waals surface area contributed by atoms with Crippen molar-refractivity contribution in [2.75, 3.05) is 6.54 Å². The number of carbonyl (C=O) groups excluding carboxylic acids is 3. The molecule has 0 aromatic heterocycles. The second-order valence-electron chi connectivity index (χ2n) is 9.10. The highest BCUT2D eigenvalue weighted by atomic mass is 16.6. The molecule has 0 saturated carbocycles. The van der Waals surface area contributed by atoms with E-state index in [0.29, 0.717) is 18.5 Å². The molecule has 1 aromatic carbocycles. The molecule has 0 aliphatic heterocycles. The van der Waals surface area contributed by atoms with E-state index >= 15 is 0 Å². The predicted octanol–water partition coefficient (Wildman–Crippen LogP) is 3.89. The third kappa shape index (κ3) is 8.77. The molecule has 0 saturated heterocycles. The highest BCUT2D eigenvalue weighted by Gasteiger charge is 2.34. The van der Waals surface area contributed by atoms with Crippen molar-refractivity contribution in [1.29, 1.82) is 0 Å². The van der Waals surface area contributed by atoms with Crippen LogP contribution in [0.4, 0.5) is 4.79 Å². The average Bonchev–Trinajstić information content (AvgIpc) is 2.65. The lowest BCUT2D eigenvalue weighted by Crippen LogP contribution is -2.52. The molecule has 8 heteroatoms. The highest BCUT2D eigenvalue weighted by molar-refractivity contribution is 5.92. The van der Waals surface area contributed by atoms with Crippen molar-refractivity contribution in [2.24, 2.45) is 0 Å². The second-order valence-corrected chi connectivity index (χ2v) is 9.10. The number of amides is 3. The van der Waals surface area contributed by atoms with E-state index in [-0.39, 0.29) is 17.7 Å². The quantitative estimate of drug-likeness (QED) is 0.502. The number of nitrogens with zero attached hydrogens (tertiary/aromatic N) is 1. The molecule has 180 valence electrons. The van der Waals surface area contributed by atoms with Gasteiger partial charge in [-0.2, -0.15) is 0 Å².